The number of phenols is 1. The Morgan fingerprint density at radius 1 is 1.17 bits per heavy atom. The van der Waals surface area contributed by atoms with Gasteiger partial charge in [0, 0.05) is 22.4 Å². The van der Waals surface area contributed by atoms with Crippen LogP contribution in [0.2, 0.25) is 0 Å². The number of halogens is 1. The molecule has 3 rings (SSSR count). The number of ketones is 1. The van der Waals surface area contributed by atoms with Crippen molar-refractivity contribution in [1.82, 2.24) is 0 Å². The predicted molar refractivity (Wildman–Crippen MR) is 87.9 cm³/mol. The van der Waals surface area contributed by atoms with Crippen molar-refractivity contribution in [2.45, 2.75) is 19.3 Å². The summed E-state index contributed by atoms with van der Waals surface area (Å²) in [5.41, 5.74) is -1.28. The van der Waals surface area contributed by atoms with Crippen LogP contribution >= 0.6 is 11.6 Å². The molecule has 24 heavy (non-hydrogen) atoms. The summed E-state index contributed by atoms with van der Waals surface area (Å²) in [5, 5.41) is 10.7. The van der Waals surface area contributed by atoms with Crippen LogP contribution in [-0.4, -0.2) is 25.1 Å². The summed E-state index contributed by atoms with van der Waals surface area (Å²) in [4.78, 5) is 24.9. The van der Waals surface area contributed by atoms with Crippen molar-refractivity contribution in [1.29, 1.82) is 0 Å². The van der Waals surface area contributed by atoms with E-state index in [9.17, 15) is 14.7 Å². The van der Waals surface area contributed by atoms with Gasteiger partial charge in [-0.2, -0.15) is 0 Å². The average Bonchev–Trinajstić information content (AvgIpc) is 2.52. The molecule has 0 unspecified atom stereocenters. The maximum atomic E-state index is 12.6. The smallest absolute Gasteiger partial charge is 0.348 e. The highest BCUT2D eigenvalue weighted by molar-refractivity contribution is 6.35. The van der Waals surface area contributed by atoms with Crippen molar-refractivity contribution >= 4 is 28.2 Å². The van der Waals surface area contributed by atoms with E-state index in [1.165, 1.54) is 20.3 Å². The Labute approximate surface area is 142 Å². The van der Waals surface area contributed by atoms with E-state index in [-0.39, 0.29) is 27.7 Å². The molecule has 0 amide bonds. The Bertz CT molecular complexity index is 967. The zero-order chi connectivity index (χ0) is 17.8. The molecule has 1 aromatic heterocycles. The number of Topliss-reactive ketones (excluding diaryl/α,β-unsaturated/α-hetero) is 1. The largest absolute Gasteiger partial charge is 0.507 e. The van der Waals surface area contributed by atoms with E-state index in [0.29, 0.717) is 16.7 Å². The fourth-order valence-electron chi connectivity index (χ4n) is 3.01. The van der Waals surface area contributed by atoms with Gasteiger partial charge in [-0.25, -0.2) is 4.79 Å². The third-order valence-corrected chi connectivity index (χ3v) is 4.86. The summed E-state index contributed by atoms with van der Waals surface area (Å²) in [6.07, 6.45) is 0. The second kappa shape index (κ2) is 5.27. The van der Waals surface area contributed by atoms with Gasteiger partial charge in [-0.3, -0.25) is 4.79 Å². The van der Waals surface area contributed by atoms with Crippen molar-refractivity contribution in [3.8, 4) is 11.5 Å². The van der Waals surface area contributed by atoms with Crippen LogP contribution in [0, 0.1) is 0 Å². The number of carbonyl (C=O) groups is 1. The highest BCUT2D eigenvalue weighted by Gasteiger charge is 2.43. The monoisotopic (exact) mass is 350 g/mol. The van der Waals surface area contributed by atoms with E-state index >= 15 is 0 Å². The summed E-state index contributed by atoms with van der Waals surface area (Å²) in [6, 6.07) is 2.88. The molecule has 1 aliphatic rings. The lowest BCUT2D eigenvalue weighted by molar-refractivity contribution is 0.0906. The van der Waals surface area contributed by atoms with Crippen molar-refractivity contribution in [2.24, 2.45) is 0 Å². The Kier molecular flexibility index (Phi) is 3.60. The Morgan fingerprint density at radius 3 is 2.42 bits per heavy atom. The minimum atomic E-state index is -0.871. The normalized spacial score (nSPS) is 16.3. The lowest BCUT2D eigenvalue weighted by atomic mass is 9.76. The van der Waals surface area contributed by atoms with Crippen molar-refractivity contribution < 1.29 is 23.8 Å². The molecule has 1 heterocycles. The molecule has 0 spiro atoms. The van der Waals surface area contributed by atoms with Gasteiger partial charge in [0.05, 0.1) is 19.3 Å². The lowest BCUT2D eigenvalue weighted by Gasteiger charge is -2.32. The average molecular weight is 351 g/mol. The maximum absolute atomic E-state index is 12.6. The van der Waals surface area contributed by atoms with Crippen LogP contribution in [0.25, 0.3) is 10.8 Å². The van der Waals surface area contributed by atoms with Crippen LogP contribution in [0.3, 0.4) is 0 Å². The van der Waals surface area contributed by atoms with Gasteiger partial charge in [0.25, 0.3) is 5.78 Å². The third kappa shape index (κ3) is 2.03. The number of hydrogen-bond donors (Lipinski definition) is 1. The molecule has 0 fully saturated rings. The lowest BCUT2D eigenvalue weighted by Crippen LogP contribution is -2.31. The van der Waals surface area contributed by atoms with E-state index in [1.807, 2.05) is 0 Å². The van der Waals surface area contributed by atoms with E-state index in [0.717, 1.165) is 0 Å². The summed E-state index contributed by atoms with van der Waals surface area (Å²) in [6.45, 7) is 3.55. The predicted octanol–water partition coefficient (Wildman–Crippen LogP) is 3.08. The SMILES string of the molecule is COC1=C(Cl)C(C)(C)c2c(oc(=O)c3c(O)cc(OC)cc23)C1=O. The standard InChI is InChI=1S/C17H15ClO6/c1-17(2)11-8-5-7(22-3)6-9(19)10(8)16(21)24-13(11)12(20)14(23-4)15(17)18/h5-6,19H,1-4H3. The second-order valence-corrected chi connectivity index (χ2v) is 6.34. The number of rotatable bonds is 2. The van der Waals surface area contributed by atoms with Gasteiger partial charge in [-0.05, 0) is 6.07 Å². The molecule has 7 heteroatoms. The van der Waals surface area contributed by atoms with Gasteiger partial charge in [0.15, 0.2) is 11.5 Å². The summed E-state index contributed by atoms with van der Waals surface area (Å²) in [5.74, 6) is -0.774. The van der Waals surface area contributed by atoms with Crippen LogP contribution < -0.4 is 10.4 Å². The molecule has 0 saturated carbocycles. The van der Waals surface area contributed by atoms with Gasteiger partial charge in [-0.15, -0.1) is 0 Å². The molecule has 0 aliphatic heterocycles. The molecule has 0 bridgehead atoms. The van der Waals surface area contributed by atoms with Gasteiger partial charge in [0.2, 0.25) is 0 Å². The first kappa shape index (κ1) is 16.4. The molecule has 0 saturated heterocycles. The summed E-state index contributed by atoms with van der Waals surface area (Å²) < 4.78 is 15.5. The van der Waals surface area contributed by atoms with Crippen LogP contribution in [0.15, 0.2) is 32.1 Å². The molecular formula is C17H15ClO6. The second-order valence-electron chi connectivity index (χ2n) is 5.96. The summed E-state index contributed by atoms with van der Waals surface area (Å²) >= 11 is 6.37. The molecule has 0 atom stereocenters. The van der Waals surface area contributed by atoms with Crippen LogP contribution in [0.1, 0.15) is 30.0 Å². The van der Waals surface area contributed by atoms with Crippen molar-refractivity contribution in [3.05, 3.63) is 44.7 Å². The number of methoxy groups -OCH3 is 2. The number of fused-ring (bicyclic) bond motifs is 3. The van der Waals surface area contributed by atoms with E-state index in [2.05, 4.69) is 0 Å². The quantitative estimate of drug-likeness (QED) is 0.895. The van der Waals surface area contributed by atoms with Gasteiger partial charge >= 0.3 is 5.63 Å². The fraction of sp³-hybridized carbons (Fsp3) is 0.294. The molecular weight excluding hydrogens is 336 g/mol. The Morgan fingerprint density at radius 2 is 1.83 bits per heavy atom. The highest BCUT2D eigenvalue weighted by atomic mass is 35.5. The molecule has 0 radical (unpaired) electrons. The van der Waals surface area contributed by atoms with E-state index in [4.69, 9.17) is 25.5 Å². The number of carbonyl (C=O) groups excluding carboxylic acids is 1. The van der Waals surface area contributed by atoms with Crippen molar-refractivity contribution in [3.63, 3.8) is 0 Å². The topological polar surface area (TPSA) is 86.0 Å². The Hall–Kier alpha value is -2.47. The molecule has 1 aliphatic carbocycles. The van der Waals surface area contributed by atoms with Crippen LogP contribution in [0.4, 0.5) is 0 Å². The van der Waals surface area contributed by atoms with Gasteiger partial charge < -0.3 is 19.0 Å². The highest BCUT2D eigenvalue weighted by Crippen LogP contribution is 2.46. The first-order chi connectivity index (χ1) is 11.2. The maximum Gasteiger partial charge on any atom is 0.348 e. The number of allylic oxidation sites excluding steroid dienone is 2. The minimum absolute atomic E-state index is 0.0271. The number of aromatic hydroxyl groups is 1. The minimum Gasteiger partial charge on any atom is -0.507 e. The zero-order valence-corrected chi connectivity index (χ0v) is 14.3. The van der Waals surface area contributed by atoms with Crippen LogP contribution in [0.5, 0.6) is 11.5 Å². The van der Waals surface area contributed by atoms with E-state index < -0.39 is 16.8 Å². The van der Waals surface area contributed by atoms with Gasteiger partial charge in [-0.1, -0.05) is 25.4 Å². The van der Waals surface area contributed by atoms with Crippen LogP contribution in [-0.2, 0) is 10.2 Å². The zero-order valence-electron chi connectivity index (χ0n) is 13.5. The van der Waals surface area contributed by atoms with Crippen molar-refractivity contribution in [2.75, 3.05) is 14.2 Å². The molecule has 1 N–H and O–H groups in total. The first-order valence-corrected chi connectivity index (χ1v) is 7.49. The van der Waals surface area contributed by atoms with E-state index in [1.54, 1.807) is 19.9 Å². The first-order valence-electron chi connectivity index (χ1n) is 7.11. The number of ether oxygens (including phenoxy) is 2. The van der Waals surface area contributed by atoms with Gasteiger partial charge in [0.1, 0.15) is 16.9 Å². The summed E-state index contributed by atoms with van der Waals surface area (Å²) in [7, 11) is 2.76. The number of benzene rings is 1. The molecule has 6 nitrogen and oxygen atoms in total. The third-order valence-electron chi connectivity index (χ3n) is 4.21. The molecule has 1 aromatic carbocycles. The molecule has 2 aromatic rings. The Balaban J connectivity index is 2.55. The number of hydrogen-bond acceptors (Lipinski definition) is 6. The number of phenolic OH excluding ortho intramolecular Hbond substituents is 1. The molecule has 126 valence electrons. The fourth-order valence-corrected chi connectivity index (χ4v) is 3.26.